The van der Waals surface area contributed by atoms with Crippen molar-refractivity contribution in [3.05, 3.63) is 56.8 Å². The van der Waals surface area contributed by atoms with Crippen molar-refractivity contribution in [1.82, 2.24) is 5.32 Å². The lowest BCUT2D eigenvalue weighted by atomic mass is 9.89. The number of amides is 1. The fraction of sp³-hybridized carbons (Fsp3) is 0.368. The van der Waals surface area contributed by atoms with Crippen LogP contribution in [0.4, 0.5) is 0 Å². The second-order valence-electron chi connectivity index (χ2n) is 6.15. The molecule has 1 aliphatic rings. The molecule has 1 heterocycles. The zero-order valence-electron chi connectivity index (χ0n) is 13.5. The summed E-state index contributed by atoms with van der Waals surface area (Å²) in [5, 5.41) is 3.03. The number of hydrogen-bond acceptors (Lipinski definition) is 3. The Balaban J connectivity index is 1.71. The van der Waals surface area contributed by atoms with Crippen LogP contribution in [0.1, 0.15) is 68.8 Å². The van der Waals surface area contributed by atoms with E-state index in [0.717, 1.165) is 12.0 Å². The summed E-state index contributed by atoms with van der Waals surface area (Å²) in [6.07, 6.45) is 4.83. The van der Waals surface area contributed by atoms with Crippen molar-refractivity contribution in [1.29, 1.82) is 0 Å². The van der Waals surface area contributed by atoms with Crippen LogP contribution in [-0.4, -0.2) is 11.7 Å². The second-order valence-corrected chi connectivity index (χ2v) is 7.23. The first-order valence-corrected chi connectivity index (χ1v) is 8.89. The van der Waals surface area contributed by atoms with Crippen LogP contribution < -0.4 is 5.32 Å². The highest BCUT2D eigenvalue weighted by molar-refractivity contribution is 7.15. The molecule has 4 heteroatoms. The topological polar surface area (TPSA) is 46.2 Å². The maximum Gasteiger partial charge on any atom is 0.261 e. The van der Waals surface area contributed by atoms with Crippen LogP contribution in [0, 0.1) is 0 Å². The molecule has 0 radical (unpaired) electrons. The molecule has 0 saturated heterocycles. The van der Waals surface area contributed by atoms with Crippen LogP contribution in [0.15, 0.2) is 30.3 Å². The number of aryl methyl sites for hydroxylation is 2. The van der Waals surface area contributed by atoms with Gasteiger partial charge in [-0.15, -0.1) is 11.3 Å². The molecule has 23 heavy (non-hydrogen) atoms. The van der Waals surface area contributed by atoms with Crippen molar-refractivity contribution < 1.29 is 9.59 Å². The number of carbonyl (C=O) groups excluding carboxylic acids is 2. The van der Waals surface area contributed by atoms with E-state index in [2.05, 4.69) is 23.5 Å². The number of carbonyl (C=O) groups is 2. The Hall–Kier alpha value is -1.94. The summed E-state index contributed by atoms with van der Waals surface area (Å²) in [5.41, 5.74) is 4.01. The molecule has 0 fully saturated rings. The minimum atomic E-state index is -0.118. The first-order chi connectivity index (χ1) is 11.0. The van der Waals surface area contributed by atoms with Crippen molar-refractivity contribution in [2.24, 2.45) is 0 Å². The molecule has 1 aromatic carbocycles. The average Bonchev–Trinajstić information content (AvgIpc) is 3.04. The van der Waals surface area contributed by atoms with E-state index in [0.29, 0.717) is 9.75 Å². The third-order valence-electron chi connectivity index (χ3n) is 4.40. The van der Waals surface area contributed by atoms with Crippen molar-refractivity contribution in [2.45, 2.75) is 45.6 Å². The van der Waals surface area contributed by atoms with Crippen molar-refractivity contribution >= 4 is 23.0 Å². The van der Waals surface area contributed by atoms with Gasteiger partial charge in [-0.3, -0.25) is 9.59 Å². The third kappa shape index (κ3) is 3.53. The number of Topliss-reactive ketones (excluding diaryl/α,β-unsaturated/α-hetero) is 1. The molecule has 3 rings (SSSR count). The monoisotopic (exact) mass is 327 g/mol. The highest BCUT2D eigenvalue weighted by Gasteiger charge is 2.16. The summed E-state index contributed by atoms with van der Waals surface area (Å²) in [6.45, 7) is 3.52. The lowest BCUT2D eigenvalue weighted by molar-refractivity contribution is 0.0943. The molecule has 1 atom stereocenters. The van der Waals surface area contributed by atoms with Crippen LogP contribution in [-0.2, 0) is 12.8 Å². The predicted octanol–water partition coefficient (Wildman–Crippen LogP) is 4.32. The number of benzene rings is 1. The standard InChI is InChI=1S/C19H21NO2S/c1-12(15-8-7-14-5-3-4-6-16(14)11-15)20-19(22)18-10-9-17(23-18)13(2)21/h7-12H,3-6H2,1-2H3,(H,20,22). The molecule has 1 unspecified atom stereocenters. The number of nitrogens with one attached hydrogen (secondary N) is 1. The Morgan fingerprint density at radius 1 is 1.04 bits per heavy atom. The van der Waals surface area contributed by atoms with Gasteiger partial charge in [0, 0.05) is 0 Å². The van der Waals surface area contributed by atoms with E-state index in [1.54, 1.807) is 12.1 Å². The quantitative estimate of drug-likeness (QED) is 0.850. The van der Waals surface area contributed by atoms with Gasteiger partial charge in [-0.1, -0.05) is 18.2 Å². The SMILES string of the molecule is CC(=O)c1ccc(C(=O)NC(C)c2ccc3c(c2)CCCC3)s1. The summed E-state index contributed by atoms with van der Waals surface area (Å²) < 4.78 is 0. The molecule has 1 N–H and O–H groups in total. The predicted molar refractivity (Wildman–Crippen MR) is 93.3 cm³/mol. The molecule has 2 aromatic rings. The van der Waals surface area contributed by atoms with E-state index in [4.69, 9.17) is 0 Å². The molecular weight excluding hydrogens is 306 g/mol. The molecule has 0 saturated carbocycles. The van der Waals surface area contributed by atoms with Gasteiger partial charge >= 0.3 is 0 Å². The molecule has 1 aromatic heterocycles. The Morgan fingerprint density at radius 3 is 2.43 bits per heavy atom. The molecule has 1 amide bonds. The van der Waals surface area contributed by atoms with Crippen LogP contribution in [0.25, 0.3) is 0 Å². The molecule has 3 nitrogen and oxygen atoms in total. The Kier molecular flexibility index (Phi) is 4.62. The van der Waals surface area contributed by atoms with Gasteiger partial charge in [-0.05, 0) is 68.4 Å². The number of hydrogen-bond donors (Lipinski definition) is 1. The van der Waals surface area contributed by atoms with Gasteiger partial charge < -0.3 is 5.32 Å². The maximum atomic E-state index is 12.3. The van der Waals surface area contributed by atoms with E-state index in [1.807, 2.05) is 6.92 Å². The van der Waals surface area contributed by atoms with Gasteiger partial charge in [0.1, 0.15) is 0 Å². The Labute approximate surface area is 140 Å². The Bertz CT molecular complexity index is 748. The van der Waals surface area contributed by atoms with Crippen molar-refractivity contribution in [3.63, 3.8) is 0 Å². The van der Waals surface area contributed by atoms with Crippen LogP contribution in [0.2, 0.25) is 0 Å². The fourth-order valence-corrected chi connectivity index (χ4v) is 3.83. The minimum absolute atomic E-state index is 0.00298. The van der Waals surface area contributed by atoms with E-state index >= 15 is 0 Å². The first kappa shape index (κ1) is 15.9. The summed E-state index contributed by atoms with van der Waals surface area (Å²) in [6, 6.07) is 9.93. The average molecular weight is 327 g/mol. The highest BCUT2D eigenvalue weighted by atomic mass is 32.1. The fourth-order valence-electron chi connectivity index (χ4n) is 3.02. The van der Waals surface area contributed by atoms with Crippen LogP contribution >= 0.6 is 11.3 Å². The molecular formula is C19H21NO2S. The van der Waals surface area contributed by atoms with Gasteiger partial charge in [-0.25, -0.2) is 0 Å². The zero-order valence-corrected chi connectivity index (χ0v) is 14.3. The van der Waals surface area contributed by atoms with Crippen LogP contribution in [0.5, 0.6) is 0 Å². The maximum absolute atomic E-state index is 12.3. The van der Waals surface area contributed by atoms with E-state index < -0.39 is 0 Å². The molecule has 120 valence electrons. The van der Waals surface area contributed by atoms with E-state index in [9.17, 15) is 9.59 Å². The van der Waals surface area contributed by atoms with Gasteiger partial charge in [0.15, 0.2) is 5.78 Å². The lowest BCUT2D eigenvalue weighted by Gasteiger charge is -2.20. The van der Waals surface area contributed by atoms with Gasteiger partial charge in [-0.2, -0.15) is 0 Å². The molecule has 0 spiro atoms. The zero-order chi connectivity index (χ0) is 16.4. The largest absolute Gasteiger partial charge is 0.345 e. The number of rotatable bonds is 4. The van der Waals surface area contributed by atoms with Crippen molar-refractivity contribution in [3.8, 4) is 0 Å². The highest BCUT2D eigenvalue weighted by Crippen LogP contribution is 2.25. The summed E-state index contributed by atoms with van der Waals surface area (Å²) in [4.78, 5) is 24.9. The lowest BCUT2D eigenvalue weighted by Crippen LogP contribution is -2.26. The molecule has 0 bridgehead atoms. The van der Waals surface area contributed by atoms with Gasteiger partial charge in [0.05, 0.1) is 15.8 Å². The third-order valence-corrected chi connectivity index (χ3v) is 5.58. The summed E-state index contributed by atoms with van der Waals surface area (Å²) in [5.74, 6) is -0.121. The number of ketones is 1. The van der Waals surface area contributed by atoms with Gasteiger partial charge in [0.2, 0.25) is 0 Å². The smallest absolute Gasteiger partial charge is 0.261 e. The van der Waals surface area contributed by atoms with E-state index in [1.165, 1.54) is 48.6 Å². The number of thiophene rings is 1. The van der Waals surface area contributed by atoms with Gasteiger partial charge in [0.25, 0.3) is 5.91 Å². The Morgan fingerprint density at radius 2 is 1.74 bits per heavy atom. The van der Waals surface area contributed by atoms with Crippen molar-refractivity contribution in [2.75, 3.05) is 0 Å². The minimum Gasteiger partial charge on any atom is -0.345 e. The molecule has 1 aliphatic carbocycles. The van der Waals surface area contributed by atoms with E-state index in [-0.39, 0.29) is 17.7 Å². The number of fused-ring (bicyclic) bond motifs is 1. The normalized spacial score (nSPS) is 14.9. The summed E-state index contributed by atoms with van der Waals surface area (Å²) in [7, 11) is 0. The molecule has 0 aliphatic heterocycles. The first-order valence-electron chi connectivity index (χ1n) is 8.08. The van der Waals surface area contributed by atoms with Crippen LogP contribution in [0.3, 0.4) is 0 Å². The summed E-state index contributed by atoms with van der Waals surface area (Å²) >= 11 is 1.25. The second kappa shape index (κ2) is 6.67.